The third-order valence-corrected chi connectivity index (χ3v) is 5.50. The van der Waals surface area contributed by atoms with Gasteiger partial charge in [-0.05, 0) is 24.3 Å². The molecule has 1 aliphatic carbocycles. The number of rotatable bonds is 5. The number of benzene rings is 1. The van der Waals surface area contributed by atoms with E-state index in [-0.39, 0.29) is 40.1 Å². The van der Waals surface area contributed by atoms with Crippen LogP contribution in [0.5, 0.6) is 11.5 Å². The number of hydrogen-bond donors (Lipinski definition) is 7. The molecule has 0 amide bonds. The van der Waals surface area contributed by atoms with Gasteiger partial charge in [0.2, 0.25) is 6.29 Å². The van der Waals surface area contributed by atoms with Crippen molar-refractivity contribution in [3.05, 3.63) is 64.8 Å². The van der Waals surface area contributed by atoms with Gasteiger partial charge in [0.15, 0.2) is 23.0 Å². The molecule has 1 unspecified atom stereocenters. The van der Waals surface area contributed by atoms with Crippen molar-refractivity contribution in [1.29, 1.82) is 0 Å². The maximum absolute atomic E-state index is 10.4. The van der Waals surface area contributed by atoms with Crippen LogP contribution in [0.2, 0.25) is 0 Å². The highest BCUT2D eigenvalue weighted by Crippen LogP contribution is 2.39. The predicted octanol–water partition coefficient (Wildman–Crippen LogP) is 0.108. The topological polar surface area (TPSA) is 179 Å². The molecule has 0 bridgehead atoms. The molecule has 1 fully saturated rings. The van der Waals surface area contributed by atoms with Crippen LogP contribution in [0.25, 0.3) is 5.76 Å². The van der Waals surface area contributed by atoms with E-state index in [2.05, 4.69) is 0 Å². The number of ether oxygens (including phenoxy) is 4. The summed E-state index contributed by atoms with van der Waals surface area (Å²) in [5.74, 6) is -0.435. The zero-order chi connectivity index (χ0) is 23.9. The number of methoxy groups -OCH3 is 1. The summed E-state index contributed by atoms with van der Waals surface area (Å²) in [6.07, 6.45) is -4.62. The quantitative estimate of drug-likeness (QED) is 0.314. The van der Waals surface area contributed by atoms with Crippen LogP contribution < -0.4 is 4.74 Å². The number of fused-ring (bicyclic) bond motifs is 1. The number of aliphatic hydroxyl groups is 6. The van der Waals surface area contributed by atoms with Crippen LogP contribution >= 0.6 is 0 Å². The van der Waals surface area contributed by atoms with Gasteiger partial charge in [-0.25, -0.2) is 0 Å². The zero-order valence-electron chi connectivity index (χ0n) is 17.4. The number of allylic oxidation sites excluding steroid dienone is 2. The van der Waals surface area contributed by atoms with Gasteiger partial charge in [0, 0.05) is 23.3 Å². The number of aliphatic hydroxyl groups excluding tert-OH is 6. The highest BCUT2D eigenvalue weighted by Gasteiger charge is 2.45. The van der Waals surface area contributed by atoms with Gasteiger partial charge < -0.3 is 54.7 Å². The minimum Gasteiger partial charge on any atom is -0.508 e. The number of aromatic hydroxyl groups is 1. The van der Waals surface area contributed by atoms with E-state index in [4.69, 9.17) is 18.9 Å². The fourth-order valence-electron chi connectivity index (χ4n) is 3.71. The molecule has 1 aromatic rings. The minimum absolute atomic E-state index is 0.0342. The molecule has 0 radical (unpaired) electrons. The highest BCUT2D eigenvalue weighted by atomic mass is 16.7. The number of phenolic OH excluding ortho intramolecular Hbond substituents is 1. The summed E-state index contributed by atoms with van der Waals surface area (Å²) >= 11 is 0. The van der Waals surface area contributed by atoms with Crippen molar-refractivity contribution in [2.75, 3.05) is 13.7 Å². The van der Waals surface area contributed by atoms with Gasteiger partial charge in [-0.1, -0.05) is 0 Å². The lowest BCUT2D eigenvalue weighted by Crippen LogP contribution is -2.59. The van der Waals surface area contributed by atoms with Gasteiger partial charge >= 0.3 is 0 Å². The molecule has 0 spiro atoms. The summed E-state index contributed by atoms with van der Waals surface area (Å²) in [7, 11) is 1.36. The van der Waals surface area contributed by atoms with Gasteiger partial charge in [-0.3, -0.25) is 0 Å². The van der Waals surface area contributed by atoms with Crippen molar-refractivity contribution in [1.82, 2.24) is 0 Å². The highest BCUT2D eigenvalue weighted by molar-refractivity contribution is 5.70. The Morgan fingerprint density at radius 3 is 2.45 bits per heavy atom. The molecule has 0 aromatic heterocycles. The largest absolute Gasteiger partial charge is 0.508 e. The van der Waals surface area contributed by atoms with Crippen LogP contribution in [0.3, 0.4) is 0 Å². The normalized spacial score (nSPS) is 31.6. The Balaban J connectivity index is 1.77. The predicted molar refractivity (Wildman–Crippen MR) is 111 cm³/mol. The molecule has 3 aliphatic rings. The molecule has 7 N–H and O–H groups in total. The Morgan fingerprint density at radius 1 is 1.00 bits per heavy atom. The summed E-state index contributed by atoms with van der Waals surface area (Å²) in [6.45, 7) is -0.640. The summed E-state index contributed by atoms with van der Waals surface area (Å²) in [5.41, 5.74) is 0.614. The maximum atomic E-state index is 10.4. The first kappa shape index (κ1) is 23.0. The standard InChI is InChI=1S/C22H24O11/c1-30-15-4-9(2-3-12(15)25)21-16(7-11-13(26)5-10(24)6-14(11)31-21)32-22-20(29)19(28)18(27)17(8-23)33-22/h2-7,14,17-20,22-29H,8H2,1H3/t14?,17-,18-,19+,20-,22-/m1/s1. The average molecular weight is 464 g/mol. The van der Waals surface area contributed by atoms with E-state index in [1.807, 2.05) is 0 Å². The first-order valence-electron chi connectivity index (χ1n) is 10.0. The van der Waals surface area contributed by atoms with E-state index in [9.17, 15) is 35.7 Å². The molecule has 11 heteroatoms. The van der Waals surface area contributed by atoms with E-state index in [0.29, 0.717) is 5.56 Å². The molecule has 0 saturated carbocycles. The second-order valence-electron chi connectivity index (χ2n) is 7.65. The minimum atomic E-state index is -1.68. The lowest BCUT2D eigenvalue weighted by molar-refractivity contribution is -0.290. The Bertz CT molecular complexity index is 1040. The van der Waals surface area contributed by atoms with Crippen molar-refractivity contribution < 1.29 is 54.7 Å². The van der Waals surface area contributed by atoms with E-state index >= 15 is 0 Å². The summed E-state index contributed by atoms with van der Waals surface area (Å²) in [4.78, 5) is 0. The molecule has 2 aliphatic heterocycles. The lowest BCUT2D eigenvalue weighted by Gasteiger charge is -2.40. The van der Waals surface area contributed by atoms with E-state index < -0.39 is 43.4 Å². The first-order chi connectivity index (χ1) is 15.7. The van der Waals surface area contributed by atoms with Crippen molar-refractivity contribution in [2.45, 2.75) is 36.8 Å². The smallest absolute Gasteiger partial charge is 0.229 e. The SMILES string of the molecule is COc1cc(C2=C(O[C@@H]3O[C@H](CO)[C@@H](O)[C@H](O)[C@H]3O)C=C3C(O)=CC(O)=CC3O2)ccc1O. The van der Waals surface area contributed by atoms with Gasteiger partial charge in [0.25, 0.3) is 0 Å². The number of phenols is 1. The Morgan fingerprint density at radius 2 is 1.76 bits per heavy atom. The van der Waals surface area contributed by atoms with E-state index in [1.165, 1.54) is 37.5 Å². The molecular weight excluding hydrogens is 440 g/mol. The molecule has 1 saturated heterocycles. The third-order valence-electron chi connectivity index (χ3n) is 5.50. The molecule has 178 valence electrons. The number of hydrogen-bond acceptors (Lipinski definition) is 11. The van der Waals surface area contributed by atoms with E-state index in [0.717, 1.165) is 6.08 Å². The molecule has 1 aromatic carbocycles. The summed E-state index contributed by atoms with van der Waals surface area (Å²) in [6, 6.07) is 4.33. The van der Waals surface area contributed by atoms with Gasteiger partial charge in [0.1, 0.15) is 42.0 Å². The van der Waals surface area contributed by atoms with E-state index in [1.54, 1.807) is 0 Å². The lowest BCUT2D eigenvalue weighted by atomic mass is 9.96. The van der Waals surface area contributed by atoms with Crippen LogP contribution in [0.4, 0.5) is 0 Å². The summed E-state index contributed by atoms with van der Waals surface area (Å²) in [5, 5.41) is 69.9. The molecule has 4 rings (SSSR count). The van der Waals surface area contributed by atoms with Crippen molar-refractivity contribution in [3.63, 3.8) is 0 Å². The van der Waals surface area contributed by atoms with Crippen molar-refractivity contribution >= 4 is 5.76 Å². The second-order valence-corrected chi connectivity index (χ2v) is 7.65. The van der Waals surface area contributed by atoms with Crippen LogP contribution in [-0.2, 0) is 14.2 Å². The Hall–Kier alpha value is -3.22. The maximum Gasteiger partial charge on any atom is 0.229 e. The van der Waals surface area contributed by atoms with Crippen LogP contribution in [0.1, 0.15) is 5.56 Å². The summed E-state index contributed by atoms with van der Waals surface area (Å²) < 4.78 is 22.3. The molecule has 2 heterocycles. The zero-order valence-corrected chi connectivity index (χ0v) is 17.4. The van der Waals surface area contributed by atoms with Crippen LogP contribution in [0.15, 0.2) is 59.3 Å². The third kappa shape index (κ3) is 4.24. The van der Waals surface area contributed by atoms with Gasteiger partial charge in [-0.15, -0.1) is 0 Å². The van der Waals surface area contributed by atoms with Crippen molar-refractivity contribution in [3.8, 4) is 11.5 Å². The molecular formula is C22H24O11. The van der Waals surface area contributed by atoms with Crippen molar-refractivity contribution in [2.24, 2.45) is 0 Å². The van der Waals surface area contributed by atoms with Gasteiger partial charge in [-0.2, -0.15) is 0 Å². The van der Waals surface area contributed by atoms with Gasteiger partial charge in [0.05, 0.1) is 13.7 Å². The monoisotopic (exact) mass is 464 g/mol. The Labute approximate surface area is 188 Å². The van der Waals surface area contributed by atoms with Crippen LogP contribution in [-0.4, -0.2) is 86.3 Å². The second kappa shape index (κ2) is 8.96. The van der Waals surface area contributed by atoms with Crippen LogP contribution in [0, 0.1) is 0 Å². The first-order valence-corrected chi connectivity index (χ1v) is 10.0. The molecule has 6 atom stereocenters. The fraction of sp³-hybridized carbons (Fsp3) is 0.364. The molecule has 11 nitrogen and oxygen atoms in total. The molecule has 33 heavy (non-hydrogen) atoms. The fourth-order valence-corrected chi connectivity index (χ4v) is 3.71. The Kier molecular flexibility index (Phi) is 6.23. The average Bonchev–Trinajstić information content (AvgIpc) is 2.79.